The zero-order valence-corrected chi connectivity index (χ0v) is 11.7. The van der Waals surface area contributed by atoms with Gasteiger partial charge in [-0.3, -0.25) is 4.90 Å². The van der Waals surface area contributed by atoms with Crippen LogP contribution in [0.5, 0.6) is 0 Å². The van der Waals surface area contributed by atoms with Crippen molar-refractivity contribution in [3.05, 3.63) is 28.2 Å². The van der Waals surface area contributed by atoms with Crippen molar-refractivity contribution in [2.75, 3.05) is 26.0 Å². The molecular formula is C13H19BrN2O. The fourth-order valence-corrected chi connectivity index (χ4v) is 2.37. The zero-order valence-electron chi connectivity index (χ0n) is 10.2. The Morgan fingerprint density at radius 2 is 2.24 bits per heavy atom. The number of benzene rings is 1. The fourth-order valence-electron chi connectivity index (χ4n) is 1.94. The van der Waals surface area contributed by atoms with Gasteiger partial charge in [0.05, 0.1) is 6.61 Å². The minimum atomic E-state index is 0.751. The molecule has 1 aliphatic rings. The molecule has 3 nitrogen and oxygen atoms in total. The van der Waals surface area contributed by atoms with E-state index in [1.54, 1.807) is 7.11 Å². The first-order chi connectivity index (χ1) is 8.20. The molecule has 0 heterocycles. The first-order valence-electron chi connectivity index (χ1n) is 5.97. The highest BCUT2D eigenvalue weighted by Crippen LogP contribution is 2.29. The van der Waals surface area contributed by atoms with Crippen LogP contribution in [-0.4, -0.2) is 31.2 Å². The molecule has 4 heteroatoms. The molecule has 0 spiro atoms. The number of anilines is 1. The average molecular weight is 299 g/mol. The van der Waals surface area contributed by atoms with E-state index < -0.39 is 0 Å². The van der Waals surface area contributed by atoms with Gasteiger partial charge in [-0.05, 0) is 46.5 Å². The molecule has 0 bridgehead atoms. The normalized spacial score (nSPS) is 15.5. The number of ether oxygens (including phenoxy) is 1. The summed E-state index contributed by atoms with van der Waals surface area (Å²) < 4.78 is 6.14. The molecule has 0 aromatic heterocycles. The van der Waals surface area contributed by atoms with Crippen LogP contribution in [0.1, 0.15) is 18.4 Å². The highest BCUT2D eigenvalue weighted by atomic mass is 79.9. The molecule has 0 saturated heterocycles. The lowest BCUT2D eigenvalue weighted by atomic mass is 10.2. The van der Waals surface area contributed by atoms with E-state index in [4.69, 9.17) is 10.5 Å². The molecule has 94 valence electrons. The van der Waals surface area contributed by atoms with Crippen LogP contribution < -0.4 is 5.73 Å². The summed E-state index contributed by atoms with van der Waals surface area (Å²) in [6.07, 6.45) is 2.64. The highest BCUT2D eigenvalue weighted by molar-refractivity contribution is 9.10. The molecule has 0 atom stereocenters. The van der Waals surface area contributed by atoms with Crippen LogP contribution in [0.2, 0.25) is 0 Å². The number of hydrogen-bond donors (Lipinski definition) is 1. The smallest absolute Gasteiger partial charge is 0.0589 e. The summed E-state index contributed by atoms with van der Waals surface area (Å²) >= 11 is 3.47. The van der Waals surface area contributed by atoms with Crippen molar-refractivity contribution in [3.8, 4) is 0 Å². The third kappa shape index (κ3) is 3.69. The van der Waals surface area contributed by atoms with Gasteiger partial charge in [0.1, 0.15) is 0 Å². The van der Waals surface area contributed by atoms with Gasteiger partial charge >= 0.3 is 0 Å². The van der Waals surface area contributed by atoms with Crippen molar-refractivity contribution >= 4 is 21.6 Å². The predicted molar refractivity (Wildman–Crippen MR) is 73.9 cm³/mol. The molecule has 1 aromatic carbocycles. The lowest BCUT2D eigenvalue weighted by molar-refractivity contribution is 0.139. The SMILES string of the molecule is COCCN(Cc1ccc(N)c(Br)c1)C1CC1. The van der Waals surface area contributed by atoms with E-state index in [9.17, 15) is 0 Å². The Kier molecular flexibility index (Phi) is 4.42. The molecule has 17 heavy (non-hydrogen) atoms. The van der Waals surface area contributed by atoms with Gasteiger partial charge in [-0.1, -0.05) is 6.07 Å². The number of hydrogen-bond acceptors (Lipinski definition) is 3. The van der Waals surface area contributed by atoms with Crippen LogP contribution in [0.25, 0.3) is 0 Å². The standard InChI is InChI=1S/C13H19BrN2O/c1-17-7-6-16(11-3-4-11)9-10-2-5-13(15)12(14)8-10/h2,5,8,11H,3-4,6-7,9,15H2,1H3. The zero-order chi connectivity index (χ0) is 12.3. The Morgan fingerprint density at radius 3 is 2.82 bits per heavy atom. The topological polar surface area (TPSA) is 38.5 Å². The number of nitrogen functional groups attached to an aromatic ring is 1. The number of rotatable bonds is 6. The average Bonchev–Trinajstić information content (AvgIpc) is 3.13. The number of nitrogens with two attached hydrogens (primary N) is 1. The van der Waals surface area contributed by atoms with Gasteiger partial charge in [-0.25, -0.2) is 0 Å². The van der Waals surface area contributed by atoms with Gasteiger partial charge in [0.15, 0.2) is 0 Å². The number of nitrogens with zero attached hydrogens (tertiary/aromatic N) is 1. The summed E-state index contributed by atoms with van der Waals surface area (Å²) in [6, 6.07) is 6.92. The second kappa shape index (κ2) is 5.85. The summed E-state index contributed by atoms with van der Waals surface area (Å²) in [4.78, 5) is 2.49. The third-order valence-electron chi connectivity index (χ3n) is 3.10. The monoisotopic (exact) mass is 298 g/mol. The molecule has 0 amide bonds. The minimum Gasteiger partial charge on any atom is -0.398 e. The van der Waals surface area contributed by atoms with Crippen molar-refractivity contribution in [1.82, 2.24) is 4.90 Å². The summed E-state index contributed by atoms with van der Waals surface area (Å²) in [5, 5.41) is 0. The van der Waals surface area contributed by atoms with Crippen molar-refractivity contribution in [2.45, 2.75) is 25.4 Å². The predicted octanol–water partition coefficient (Wildman–Crippen LogP) is 2.64. The van der Waals surface area contributed by atoms with Crippen molar-refractivity contribution in [1.29, 1.82) is 0 Å². The van der Waals surface area contributed by atoms with Gasteiger partial charge in [0.2, 0.25) is 0 Å². The summed E-state index contributed by atoms with van der Waals surface area (Å²) in [7, 11) is 1.75. The van der Waals surface area contributed by atoms with Gasteiger partial charge in [-0.15, -0.1) is 0 Å². The first kappa shape index (κ1) is 12.9. The molecule has 2 N–H and O–H groups in total. The van der Waals surface area contributed by atoms with E-state index in [0.29, 0.717) is 0 Å². The summed E-state index contributed by atoms with van der Waals surface area (Å²) in [5.41, 5.74) is 7.89. The Bertz CT molecular complexity index is 380. The Balaban J connectivity index is 1.98. The van der Waals surface area contributed by atoms with Crippen LogP contribution in [-0.2, 0) is 11.3 Å². The van der Waals surface area contributed by atoms with Gasteiger partial charge in [-0.2, -0.15) is 0 Å². The molecule has 0 unspecified atom stereocenters. The maximum atomic E-state index is 5.79. The fraction of sp³-hybridized carbons (Fsp3) is 0.538. The minimum absolute atomic E-state index is 0.751. The second-order valence-corrected chi connectivity index (χ2v) is 5.40. The Morgan fingerprint density at radius 1 is 1.47 bits per heavy atom. The molecule has 1 saturated carbocycles. The van der Waals surface area contributed by atoms with Gasteiger partial charge in [0, 0.05) is 36.4 Å². The maximum absolute atomic E-state index is 5.79. The van der Waals surface area contributed by atoms with Crippen molar-refractivity contribution < 1.29 is 4.74 Å². The highest BCUT2D eigenvalue weighted by Gasteiger charge is 2.28. The number of methoxy groups -OCH3 is 1. The quantitative estimate of drug-likeness (QED) is 0.821. The van der Waals surface area contributed by atoms with Crippen molar-refractivity contribution in [2.24, 2.45) is 0 Å². The summed E-state index contributed by atoms with van der Waals surface area (Å²) in [5.74, 6) is 0. The maximum Gasteiger partial charge on any atom is 0.0589 e. The molecule has 1 aromatic rings. The lowest BCUT2D eigenvalue weighted by Crippen LogP contribution is -2.29. The van der Waals surface area contributed by atoms with Crippen LogP contribution >= 0.6 is 15.9 Å². The van der Waals surface area contributed by atoms with Gasteiger partial charge < -0.3 is 10.5 Å². The third-order valence-corrected chi connectivity index (χ3v) is 3.78. The van der Waals surface area contributed by atoms with Crippen LogP contribution in [0.3, 0.4) is 0 Å². The molecule has 1 aliphatic carbocycles. The van der Waals surface area contributed by atoms with E-state index >= 15 is 0 Å². The molecule has 0 radical (unpaired) electrons. The largest absolute Gasteiger partial charge is 0.398 e. The molecule has 2 rings (SSSR count). The van der Waals surface area contributed by atoms with E-state index in [1.165, 1.54) is 18.4 Å². The molecule has 0 aliphatic heterocycles. The molecular weight excluding hydrogens is 280 g/mol. The van der Waals surface area contributed by atoms with Crippen LogP contribution in [0, 0.1) is 0 Å². The number of halogens is 1. The van der Waals surface area contributed by atoms with Crippen LogP contribution in [0.4, 0.5) is 5.69 Å². The van der Waals surface area contributed by atoms with Crippen molar-refractivity contribution in [3.63, 3.8) is 0 Å². The lowest BCUT2D eigenvalue weighted by Gasteiger charge is -2.21. The van der Waals surface area contributed by atoms with E-state index in [-0.39, 0.29) is 0 Å². The van der Waals surface area contributed by atoms with E-state index in [2.05, 4.69) is 33.0 Å². The van der Waals surface area contributed by atoms with Gasteiger partial charge in [0.25, 0.3) is 0 Å². The summed E-state index contributed by atoms with van der Waals surface area (Å²) in [6.45, 7) is 2.78. The first-order valence-corrected chi connectivity index (χ1v) is 6.77. The second-order valence-electron chi connectivity index (χ2n) is 4.55. The van der Waals surface area contributed by atoms with E-state index in [1.807, 2.05) is 6.07 Å². The van der Waals surface area contributed by atoms with Crippen LogP contribution in [0.15, 0.2) is 22.7 Å². The Labute approximate surface area is 111 Å². The Hall–Kier alpha value is -0.580. The van der Waals surface area contributed by atoms with E-state index in [0.717, 1.165) is 35.9 Å². The molecule has 1 fully saturated rings.